The first-order valence-electron chi connectivity index (χ1n) is 6.82. The second kappa shape index (κ2) is 9.84. The van der Waals surface area contributed by atoms with Crippen LogP contribution in [0.3, 0.4) is 0 Å². The number of hydrogen-bond acceptors (Lipinski definition) is 4. The summed E-state index contributed by atoms with van der Waals surface area (Å²) in [6.45, 7) is 2.51. The monoisotopic (exact) mass is 351 g/mol. The third-order valence-electron chi connectivity index (χ3n) is 3.76. The van der Waals surface area contributed by atoms with Gasteiger partial charge in [-0.1, -0.05) is 6.07 Å². The molecular formula is C14H23Cl2N3O3. The molecule has 22 heavy (non-hydrogen) atoms. The molecule has 1 fully saturated rings. The van der Waals surface area contributed by atoms with E-state index in [4.69, 9.17) is 4.74 Å². The molecule has 1 saturated heterocycles. The fraction of sp³-hybridized carbons (Fsp3) is 0.571. The van der Waals surface area contributed by atoms with Gasteiger partial charge in [0.25, 0.3) is 0 Å². The molecule has 0 saturated carbocycles. The SMILES string of the molecule is COCC1(C(=O)NCc2ccc(=O)[nH]c2)CCNCC1.Cl.Cl. The number of carbonyl (C=O) groups excluding carboxylic acids is 1. The van der Waals surface area contributed by atoms with E-state index in [0.717, 1.165) is 31.5 Å². The lowest BCUT2D eigenvalue weighted by molar-refractivity contribution is -0.136. The number of aromatic amines is 1. The lowest BCUT2D eigenvalue weighted by Crippen LogP contribution is -2.50. The predicted molar refractivity (Wildman–Crippen MR) is 89.8 cm³/mol. The molecule has 0 atom stereocenters. The van der Waals surface area contributed by atoms with Gasteiger partial charge in [0.2, 0.25) is 11.5 Å². The molecule has 0 unspecified atom stereocenters. The lowest BCUT2D eigenvalue weighted by atomic mass is 9.78. The summed E-state index contributed by atoms with van der Waals surface area (Å²) in [5.74, 6) is 0.0204. The zero-order chi connectivity index (χ0) is 14.4. The van der Waals surface area contributed by atoms with Gasteiger partial charge in [0.05, 0.1) is 12.0 Å². The number of rotatable bonds is 5. The predicted octanol–water partition coefficient (Wildman–Crippen LogP) is 0.851. The fourth-order valence-electron chi connectivity index (χ4n) is 2.54. The van der Waals surface area contributed by atoms with Crippen molar-refractivity contribution in [3.05, 3.63) is 34.2 Å². The van der Waals surface area contributed by atoms with E-state index in [1.807, 2.05) is 0 Å². The molecule has 0 bridgehead atoms. The third-order valence-corrected chi connectivity index (χ3v) is 3.76. The molecule has 6 nitrogen and oxygen atoms in total. The van der Waals surface area contributed by atoms with Crippen molar-refractivity contribution in [3.63, 3.8) is 0 Å². The molecule has 1 aromatic heterocycles. The van der Waals surface area contributed by atoms with Gasteiger partial charge in [-0.2, -0.15) is 0 Å². The van der Waals surface area contributed by atoms with Gasteiger partial charge >= 0.3 is 0 Å². The van der Waals surface area contributed by atoms with Crippen molar-refractivity contribution in [2.24, 2.45) is 5.41 Å². The largest absolute Gasteiger partial charge is 0.384 e. The van der Waals surface area contributed by atoms with E-state index in [9.17, 15) is 9.59 Å². The van der Waals surface area contributed by atoms with Crippen LogP contribution in [-0.4, -0.2) is 37.7 Å². The molecule has 0 aliphatic carbocycles. The highest BCUT2D eigenvalue weighted by Crippen LogP contribution is 2.29. The molecule has 1 aliphatic heterocycles. The Morgan fingerprint density at radius 2 is 2.00 bits per heavy atom. The minimum atomic E-state index is -0.442. The lowest BCUT2D eigenvalue weighted by Gasteiger charge is -2.35. The number of nitrogens with one attached hydrogen (secondary N) is 3. The number of H-pyrrole nitrogens is 1. The highest BCUT2D eigenvalue weighted by molar-refractivity contribution is 5.85. The summed E-state index contributed by atoms with van der Waals surface area (Å²) >= 11 is 0. The minimum absolute atomic E-state index is 0. The van der Waals surface area contributed by atoms with Gasteiger partial charge in [-0.15, -0.1) is 24.8 Å². The second-order valence-electron chi connectivity index (χ2n) is 5.21. The van der Waals surface area contributed by atoms with Crippen LogP contribution >= 0.6 is 24.8 Å². The summed E-state index contributed by atoms with van der Waals surface area (Å²) in [6, 6.07) is 3.17. The van der Waals surface area contributed by atoms with E-state index in [-0.39, 0.29) is 36.3 Å². The topological polar surface area (TPSA) is 83.2 Å². The highest BCUT2D eigenvalue weighted by Gasteiger charge is 2.39. The molecular weight excluding hydrogens is 329 g/mol. The molecule has 2 rings (SSSR count). The van der Waals surface area contributed by atoms with Crippen LogP contribution in [0, 0.1) is 5.41 Å². The third kappa shape index (κ3) is 5.28. The van der Waals surface area contributed by atoms with E-state index in [1.165, 1.54) is 6.07 Å². The number of carbonyl (C=O) groups is 1. The normalized spacial score (nSPS) is 16.0. The molecule has 1 aromatic rings. The Balaban J connectivity index is 0.00000220. The standard InChI is InChI=1S/C14H21N3O3.2ClH/c1-20-10-14(4-6-15-7-5-14)13(19)17-9-11-2-3-12(18)16-8-11;;/h2-3,8,15H,4-7,9-10H2,1H3,(H,16,18)(H,17,19);2*1H. The highest BCUT2D eigenvalue weighted by atomic mass is 35.5. The summed E-state index contributed by atoms with van der Waals surface area (Å²) in [5.41, 5.74) is 0.288. The summed E-state index contributed by atoms with van der Waals surface area (Å²) in [5, 5.41) is 6.20. The van der Waals surface area contributed by atoms with Crippen molar-refractivity contribution < 1.29 is 9.53 Å². The van der Waals surface area contributed by atoms with E-state index < -0.39 is 5.41 Å². The molecule has 0 aromatic carbocycles. The molecule has 1 aliphatic rings. The van der Waals surface area contributed by atoms with Crippen LogP contribution in [0.5, 0.6) is 0 Å². The van der Waals surface area contributed by atoms with Crippen molar-refractivity contribution in [1.29, 1.82) is 0 Å². The number of hydrogen-bond donors (Lipinski definition) is 3. The molecule has 0 spiro atoms. The first-order chi connectivity index (χ1) is 9.66. The Hall–Kier alpha value is -1.08. The second-order valence-corrected chi connectivity index (χ2v) is 5.21. The van der Waals surface area contributed by atoms with Crippen molar-refractivity contribution in [2.45, 2.75) is 19.4 Å². The quantitative estimate of drug-likeness (QED) is 0.734. The molecule has 3 N–H and O–H groups in total. The van der Waals surface area contributed by atoms with Gasteiger partial charge in [0.15, 0.2) is 0 Å². The first kappa shape index (κ1) is 20.9. The van der Waals surface area contributed by atoms with Gasteiger partial charge in [-0.25, -0.2) is 0 Å². The van der Waals surface area contributed by atoms with Gasteiger partial charge < -0.3 is 20.4 Å². The van der Waals surface area contributed by atoms with Gasteiger partial charge in [0.1, 0.15) is 0 Å². The number of piperidine rings is 1. The van der Waals surface area contributed by atoms with Crippen LogP contribution < -0.4 is 16.2 Å². The van der Waals surface area contributed by atoms with Crippen LogP contribution in [0.25, 0.3) is 0 Å². The van der Waals surface area contributed by atoms with E-state index in [1.54, 1.807) is 19.4 Å². The maximum atomic E-state index is 12.5. The van der Waals surface area contributed by atoms with Crippen LogP contribution in [0.4, 0.5) is 0 Å². The Labute approximate surface area is 142 Å². The van der Waals surface area contributed by atoms with Crippen molar-refractivity contribution in [2.75, 3.05) is 26.8 Å². The van der Waals surface area contributed by atoms with Crippen LogP contribution in [-0.2, 0) is 16.1 Å². The molecule has 0 radical (unpaired) electrons. The van der Waals surface area contributed by atoms with Gasteiger partial charge in [-0.05, 0) is 31.5 Å². The van der Waals surface area contributed by atoms with E-state index in [0.29, 0.717) is 13.2 Å². The molecule has 126 valence electrons. The zero-order valence-corrected chi connectivity index (χ0v) is 14.1. The summed E-state index contributed by atoms with van der Waals surface area (Å²) in [6.07, 6.45) is 3.17. The zero-order valence-electron chi connectivity index (χ0n) is 12.5. The number of ether oxygens (including phenoxy) is 1. The smallest absolute Gasteiger partial charge is 0.247 e. The Bertz CT molecular complexity index is 490. The number of methoxy groups -OCH3 is 1. The number of halogens is 2. The fourth-order valence-corrected chi connectivity index (χ4v) is 2.54. The molecule has 1 amide bonds. The van der Waals surface area contributed by atoms with Gasteiger partial charge in [0, 0.05) is 25.9 Å². The van der Waals surface area contributed by atoms with Crippen LogP contribution in [0.1, 0.15) is 18.4 Å². The minimum Gasteiger partial charge on any atom is -0.384 e. The number of pyridine rings is 1. The Morgan fingerprint density at radius 3 is 2.55 bits per heavy atom. The van der Waals surface area contributed by atoms with E-state index in [2.05, 4.69) is 15.6 Å². The van der Waals surface area contributed by atoms with Crippen molar-refractivity contribution >= 4 is 30.7 Å². The Kier molecular flexibility index (Phi) is 9.36. The van der Waals surface area contributed by atoms with Crippen LogP contribution in [0.15, 0.2) is 23.1 Å². The summed E-state index contributed by atoms with van der Waals surface area (Å²) < 4.78 is 5.24. The maximum absolute atomic E-state index is 12.5. The average molecular weight is 352 g/mol. The summed E-state index contributed by atoms with van der Waals surface area (Å²) in [7, 11) is 1.62. The van der Waals surface area contributed by atoms with Gasteiger partial charge in [-0.3, -0.25) is 9.59 Å². The van der Waals surface area contributed by atoms with Crippen LogP contribution in [0.2, 0.25) is 0 Å². The first-order valence-corrected chi connectivity index (χ1v) is 6.82. The Morgan fingerprint density at radius 1 is 1.32 bits per heavy atom. The molecule has 2 heterocycles. The maximum Gasteiger partial charge on any atom is 0.247 e. The summed E-state index contributed by atoms with van der Waals surface area (Å²) in [4.78, 5) is 26.0. The van der Waals surface area contributed by atoms with Crippen molar-refractivity contribution in [3.8, 4) is 0 Å². The van der Waals surface area contributed by atoms with Crippen molar-refractivity contribution in [1.82, 2.24) is 15.6 Å². The van der Waals surface area contributed by atoms with E-state index >= 15 is 0 Å². The number of amides is 1. The average Bonchev–Trinajstić information content (AvgIpc) is 2.47. The molecule has 8 heteroatoms. The number of aromatic nitrogens is 1.